The lowest BCUT2D eigenvalue weighted by molar-refractivity contribution is 0.0525. The summed E-state index contributed by atoms with van der Waals surface area (Å²) in [5.74, 6) is 0.595. The first kappa shape index (κ1) is 20.0. The van der Waals surface area contributed by atoms with E-state index in [4.69, 9.17) is 9.47 Å². The van der Waals surface area contributed by atoms with Crippen LogP contribution >= 0.6 is 0 Å². The van der Waals surface area contributed by atoms with Gasteiger partial charge < -0.3 is 9.47 Å². The Labute approximate surface area is 157 Å². The molecule has 0 heterocycles. The van der Waals surface area contributed by atoms with Crippen LogP contribution in [0.15, 0.2) is 54.6 Å². The van der Waals surface area contributed by atoms with Crippen LogP contribution < -0.4 is 4.74 Å². The van der Waals surface area contributed by atoms with Crippen molar-refractivity contribution in [3.63, 3.8) is 0 Å². The Kier molecular flexibility index (Phi) is 8.74. The normalized spacial score (nSPS) is 11.8. The maximum atomic E-state index is 12.4. The molecule has 0 N–H and O–H groups in total. The van der Waals surface area contributed by atoms with Crippen LogP contribution in [0.2, 0.25) is 0 Å². The van der Waals surface area contributed by atoms with Gasteiger partial charge in [-0.15, -0.1) is 0 Å². The van der Waals surface area contributed by atoms with E-state index in [9.17, 15) is 4.79 Å². The van der Waals surface area contributed by atoms with Gasteiger partial charge in [0.05, 0.1) is 0 Å². The Morgan fingerprint density at radius 1 is 0.885 bits per heavy atom. The standard InChI is InChI=1S/C23H30O3/c1-3-5-6-10-17-22(20-14-8-7-9-15-20)26-23(24)25-21-18-12-11-16-19(21)13-4-2/h7-9,11-12,14-16,18,22H,3-6,10,13,17H2,1-2H3. The van der Waals surface area contributed by atoms with Gasteiger partial charge in [0.1, 0.15) is 11.9 Å². The molecule has 140 valence electrons. The lowest BCUT2D eigenvalue weighted by atomic mass is 10.0. The zero-order valence-electron chi connectivity index (χ0n) is 15.9. The second kappa shape index (κ2) is 11.3. The van der Waals surface area contributed by atoms with Gasteiger partial charge in [-0.25, -0.2) is 4.79 Å². The van der Waals surface area contributed by atoms with Gasteiger partial charge in [-0.05, 0) is 36.5 Å². The zero-order chi connectivity index (χ0) is 18.6. The maximum Gasteiger partial charge on any atom is 0.514 e. The van der Waals surface area contributed by atoms with Gasteiger partial charge in [0.25, 0.3) is 0 Å². The minimum atomic E-state index is -0.627. The zero-order valence-corrected chi connectivity index (χ0v) is 15.9. The molecule has 3 nitrogen and oxygen atoms in total. The number of hydrogen-bond donors (Lipinski definition) is 0. The molecule has 0 radical (unpaired) electrons. The van der Waals surface area contributed by atoms with E-state index < -0.39 is 6.16 Å². The van der Waals surface area contributed by atoms with Gasteiger partial charge >= 0.3 is 6.16 Å². The second-order valence-corrected chi connectivity index (χ2v) is 6.58. The van der Waals surface area contributed by atoms with Gasteiger partial charge in [-0.2, -0.15) is 0 Å². The molecule has 2 aromatic rings. The summed E-state index contributed by atoms with van der Waals surface area (Å²) < 4.78 is 11.2. The summed E-state index contributed by atoms with van der Waals surface area (Å²) in [6.07, 6.45) is 6.38. The maximum absolute atomic E-state index is 12.4. The van der Waals surface area contributed by atoms with E-state index in [1.165, 1.54) is 12.8 Å². The molecule has 0 aliphatic rings. The molecule has 0 bridgehead atoms. The molecule has 0 spiro atoms. The summed E-state index contributed by atoms with van der Waals surface area (Å²) in [5, 5.41) is 0. The number of hydrogen-bond acceptors (Lipinski definition) is 3. The third-order valence-corrected chi connectivity index (χ3v) is 4.41. The average molecular weight is 354 g/mol. The van der Waals surface area contributed by atoms with E-state index in [1.807, 2.05) is 54.6 Å². The molecule has 0 amide bonds. The molecule has 3 heteroatoms. The van der Waals surface area contributed by atoms with Crippen molar-refractivity contribution in [2.75, 3.05) is 0 Å². The van der Waals surface area contributed by atoms with Crippen LogP contribution in [0, 0.1) is 0 Å². The minimum Gasteiger partial charge on any atom is -0.426 e. The van der Waals surface area contributed by atoms with Crippen molar-refractivity contribution in [1.82, 2.24) is 0 Å². The quantitative estimate of drug-likeness (QED) is 0.265. The van der Waals surface area contributed by atoms with Gasteiger partial charge in [0.2, 0.25) is 0 Å². The lowest BCUT2D eigenvalue weighted by Gasteiger charge is -2.18. The predicted molar refractivity (Wildman–Crippen MR) is 105 cm³/mol. The fourth-order valence-corrected chi connectivity index (χ4v) is 3.03. The SMILES string of the molecule is CCCCCCC(OC(=O)Oc1ccccc1CCC)c1ccccc1. The molecule has 1 atom stereocenters. The van der Waals surface area contributed by atoms with Gasteiger partial charge in [-0.3, -0.25) is 0 Å². The molecule has 2 rings (SSSR count). The fraction of sp³-hybridized carbons (Fsp3) is 0.435. The van der Waals surface area contributed by atoms with E-state index >= 15 is 0 Å². The molecule has 0 saturated heterocycles. The first-order valence-electron chi connectivity index (χ1n) is 9.75. The molecule has 2 aromatic carbocycles. The highest BCUT2D eigenvalue weighted by molar-refractivity contribution is 5.65. The van der Waals surface area contributed by atoms with Crippen LogP contribution in [0.1, 0.15) is 69.6 Å². The van der Waals surface area contributed by atoms with Crippen LogP contribution in [0.3, 0.4) is 0 Å². The average Bonchev–Trinajstić information content (AvgIpc) is 2.67. The topological polar surface area (TPSA) is 35.5 Å². The summed E-state index contributed by atoms with van der Waals surface area (Å²) >= 11 is 0. The number of rotatable bonds is 10. The minimum absolute atomic E-state index is 0.265. The first-order valence-corrected chi connectivity index (χ1v) is 9.75. The molecule has 0 aliphatic carbocycles. The van der Waals surface area contributed by atoms with Crippen molar-refractivity contribution in [2.24, 2.45) is 0 Å². The van der Waals surface area contributed by atoms with Crippen molar-refractivity contribution < 1.29 is 14.3 Å². The van der Waals surface area contributed by atoms with Crippen molar-refractivity contribution in [3.8, 4) is 5.75 Å². The largest absolute Gasteiger partial charge is 0.514 e. The van der Waals surface area contributed by atoms with Crippen LogP contribution in [-0.4, -0.2) is 6.16 Å². The Hall–Kier alpha value is -2.29. The van der Waals surface area contributed by atoms with E-state index in [0.717, 1.165) is 43.2 Å². The summed E-state index contributed by atoms with van der Waals surface area (Å²) in [5.41, 5.74) is 2.05. The molecule has 0 aromatic heterocycles. The number of benzene rings is 2. The van der Waals surface area contributed by atoms with E-state index in [-0.39, 0.29) is 6.10 Å². The Morgan fingerprint density at radius 2 is 1.62 bits per heavy atom. The molecule has 0 fully saturated rings. The monoisotopic (exact) mass is 354 g/mol. The van der Waals surface area contributed by atoms with E-state index in [2.05, 4.69) is 13.8 Å². The number of carbonyl (C=O) groups excluding carboxylic acids is 1. The van der Waals surface area contributed by atoms with Crippen LogP contribution in [0.25, 0.3) is 0 Å². The molecule has 0 saturated carbocycles. The number of carbonyl (C=O) groups is 1. The van der Waals surface area contributed by atoms with Crippen molar-refractivity contribution in [1.29, 1.82) is 0 Å². The smallest absolute Gasteiger partial charge is 0.426 e. The van der Waals surface area contributed by atoms with Crippen LogP contribution in [0.5, 0.6) is 5.75 Å². The number of unbranched alkanes of at least 4 members (excludes halogenated alkanes) is 3. The van der Waals surface area contributed by atoms with Crippen LogP contribution in [0.4, 0.5) is 4.79 Å². The van der Waals surface area contributed by atoms with Gasteiger partial charge in [0.15, 0.2) is 0 Å². The molecule has 26 heavy (non-hydrogen) atoms. The summed E-state index contributed by atoms with van der Waals surface area (Å²) in [6.45, 7) is 4.30. The predicted octanol–water partition coefficient (Wildman–Crippen LogP) is 6.87. The highest BCUT2D eigenvalue weighted by atomic mass is 16.7. The van der Waals surface area contributed by atoms with Crippen molar-refractivity contribution >= 4 is 6.16 Å². The summed E-state index contributed by atoms with van der Waals surface area (Å²) in [7, 11) is 0. The highest BCUT2D eigenvalue weighted by Gasteiger charge is 2.19. The Bertz CT molecular complexity index is 652. The summed E-state index contributed by atoms with van der Waals surface area (Å²) in [6, 6.07) is 17.6. The first-order chi connectivity index (χ1) is 12.7. The third-order valence-electron chi connectivity index (χ3n) is 4.41. The highest BCUT2D eigenvalue weighted by Crippen LogP contribution is 2.26. The molecular weight excluding hydrogens is 324 g/mol. The number of aryl methyl sites for hydroxylation is 1. The Balaban J connectivity index is 2.01. The Morgan fingerprint density at radius 3 is 2.35 bits per heavy atom. The van der Waals surface area contributed by atoms with E-state index in [0.29, 0.717) is 5.75 Å². The number of ether oxygens (including phenoxy) is 2. The fourth-order valence-electron chi connectivity index (χ4n) is 3.03. The number of para-hydroxylation sites is 1. The van der Waals surface area contributed by atoms with Crippen molar-refractivity contribution in [2.45, 2.75) is 64.9 Å². The third kappa shape index (κ3) is 6.55. The van der Waals surface area contributed by atoms with Gasteiger partial charge in [-0.1, -0.05) is 88.1 Å². The van der Waals surface area contributed by atoms with Crippen LogP contribution in [-0.2, 0) is 11.2 Å². The molecule has 0 aliphatic heterocycles. The molecule has 1 unspecified atom stereocenters. The molecular formula is C23H30O3. The summed E-state index contributed by atoms with van der Waals surface area (Å²) in [4.78, 5) is 12.4. The van der Waals surface area contributed by atoms with E-state index in [1.54, 1.807) is 0 Å². The second-order valence-electron chi connectivity index (χ2n) is 6.58. The lowest BCUT2D eigenvalue weighted by Crippen LogP contribution is -2.16. The van der Waals surface area contributed by atoms with Gasteiger partial charge in [0, 0.05) is 0 Å². The van der Waals surface area contributed by atoms with Crippen molar-refractivity contribution in [3.05, 3.63) is 65.7 Å².